The van der Waals surface area contributed by atoms with Crippen LogP contribution < -0.4 is 0 Å². The van der Waals surface area contributed by atoms with Crippen LogP contribution in [0.5, 0.6) is 0 Å². The SMILES string of the molecule is CC(C)COCCOCC(CS)c1ccccc1. The minimum absolute atomic E-state index is 0.361. The summed E-state index contributed by atoms with van der Waals surface area (Å²) in [5.74, 6) is 1.75. The Balaban J connectivity index is 2.17. The van der Waals surface area contributed by atoms with Crippen molar-refractivity contribution in [3.8, 4) is 0 Å². The molecule has 1 aromatic carbocycles. The maximum Gasteiger partial charge on any atom is 0.0700 e. The summed E-state index contributed by atoms with van der Waals surface area (Å²) in [4.78, 5) is 0. The molecule has 0 aliphatic heterocycles. The molecule has 1 atom stereocenters. The fourth-order valence-electron chi connectivity index (χ4n) is 1.64. The van der Waals surface area contributed by atoms with Gasteiger partial charge in [-0.2, -0.15) is 12.6 Å². The van der Waals surface area contributed by atoms with Gasteiger partial charge in [0.1, 0.15) is 0 Å². The first kappa shape index (κ1) is 15.5. The van der Waals surface area contributed by atoms with Crippen LogP contribution in [0.25, 0.3) is 0 Å². The lowest BCUT2D eigenvalue weighted by Crippen LogP contribution is -2.14. The first-order valence-electron chi connectivity index (χ1n) is 6.55. The predicted octanol–water partition coefficient (Wildman–Crippen LogP) is 3.39. The number of benzene rings is 1. The van der Waals surface area contributed by atoms with E-state index < -0.39 is 0 Å². The third-order valence-corrected chi connectivity index (χ3v) is 3.07. The van der Waals surface area contributed by atoms with Crippen LogP contribution in [0.3, 0.4) is 0 Å². The molecule has 0 saturated carbocycles. The van der Waals surface area contributed by atoms with Crippen LogP contribution in [0.2, 0.25) is 0 Å². The zero-order chi connectivity index (χ0) is 13.2. The molecule has 2 nitrogen and oxygen atoms in total. The quantitative estimate of drug-likeness (QED) is 0.546. The van der Waals surface area contributed by atoms with Crippen molar-refractivity contribution in [3.05, 3.63) is 35.9 Å². The molecule has 102 valence electrons. The number of rotatable bonds is 9. The second-order valence-electron chi connectivity index (χ2n) is 4.83. The predicted molar refractivity (Wildman–Crippen MR) is 79.5 cm³/mol. The zero-order valence-electron chi connectivity index (χ0n) is 11.3. The molecule has 1 rings (SSSR count). The topological polar surface area (TPSA) is 18.5 Å². The normalized spacial score (nSPS) is 12.9. The van der Waals surface area contributed by atoms with E-state index in [4.69, 9.17) is 9.47 Å². The molecule has 1 unspecified atom stereocenters. The largest absolute Gasteiger partial charge is 0.379 e. The molecule has 0 saturated heterocycles. The Kier molecular flexibility index (Phi) is 8.14. The van der Waals surface area contributed by atoms with E-state index in [1.165, 1.54) is 5.56 Å². The van der Waals surface area contributed by atoms with Gasteiger partial charge in [0.25, 0.3) is 0 Å². The van der Waals surface area contributed by atoms with Gasteiger partial charge in [-0.1, -0.05) is 44.2 Å². The molecule has 0 heterocycles. The van der Waals surface area contributed by atoms with Crippen molar-refractivity contribution in [1.29, 1.82) is 0 Å². The number of hydrogen-bond acceptors (Lipinski definition) is 3. The highest BCUT2D eigenvalue weighted by atomic mass is 32.1. The van der Waals surface area contributed by atoms with E-state index in [9.17, 15) is 0 Å². The summed E-state index contributed by atoms with van der Waals surface area (Å²) in [6, 6.07) is 10.4. The van der Waals surface area contributed by atoms with Crippen LogP contribution in [-0.4, -0.2) is 32.2 Å². The molecule has 0 aromatic heterocycles. The van der Waals surface area contributed by atoms with E-state index >= 15 is 0 Å². The van der Waals surface area contributed by atoms with Crippen molar-refractivity contribution >= 4 is 12.6 Å². The summed E-state index contributed by atoms with van der Waals surface area (Å²) in [5.41, 5.74) is 1.29. The van der Waals surface area contributed by atoms with Gasteiger partial charge in [-0.15, -0.1) is 0 Å². The second kappa shape index (κ2) is 9.42. The van der Waals surface area contributed by atoms with Crippen LogP contribution in [0.4, 0.5) is 0 Å². The second-order valence-corrected chi connectivity index (χ2v) is 5.20. The number of hydrogen-bond donors (Lipinski definition) is 1. The van der Waals surface area contributed by atoms with E-state index in [1.54, 1.807) is 0 Å². The van der Waals surface area contributed by atoms with Gasteiger partial charge < -0.3 is 9.47 Å². The molecule has 0 aliphatic rings. The van der Waals surface area contributed by atoms with E-state index in [0.29, 0.717) is 31.7 Å². The van der Waals surface area contributed by atoms with Crippen LogP contribution in [0, 0.1) is 5.92 Å². The maximum atomic E-state index is 5.65. The smallest absolute Gasteiger partial charge is 0.0700 e. The molecule has 0 bridgehead atoms. The zero-order valence-corrected chi connectivity index (χ0v) is 12.2. The Labute approximate surface area is 116 Å². The summed E-state index contributed by atoms with van der Waals surface area (Å²) in [6.45, 7) is 7.13. The third-order valence-electron chi connectivity index (χ3n) is 2.63. The van der Waals surface area contributed by atoms with Crippen molar-refractivity contribution in [3.63, 3.8) is 0 Å². The van der Waals surface area contributed by atoms with Gasteiger partial charge >= 0.3 is 0 Å². The van der Waals surface area contributed by atoms with Crippen LogP contribution in [0.15, 0.2) is 30.3 Å². The molecule has 0 amide bonds. The van der Waals surface area contributed by atoms with Crippen molar-refractivity contribution in [1.82, 2.24) is 0 Å². The van der Waals surface area contributed by atoms with Crippen molar-refractivity contribution < 1.29 is 9.47 Å². The number of thiol groups is 1. The standard InChI is InChI=1S/C15H24O2S/c1-13(2)10-16-8-9-17-11-15(12-18)14-6-4-3-5-7-14/h3-7,13,15,18H,8-12H2,1-2H3. The van der Waals surface area contributed by atoms with Crippen molar-refractivity contribution in [2.24, 2.45) is 5.92 Å². The lowest BCUT2D eigenvalue weighted by atomic mass is 10.0. The molecule has 0 fully saturated rings. The summed E-state index contributed by atoms with van der Waals surface area (Å²) >= 11 is 4.39. The molecular weight excluding hydrogens is 244 g/mol. The Bertz CT molecular complexity index is 301. The van der Waals surface area contributed by atoms with Gasteiger partial charge in [-0.3, -0.25) is 0 Å². The number of ether oxygens (including phenoxy) is 2. The van der Waals surface area contributed by atoms with Gasteiger partial charge in [0, 0.05) is 12.5 Å². The molecular formula is C15H24O2S. The van der Waals surface area contributed by atoms with Crippen LogP contribution >= 0.6 is 12.6 Å². The van der Waals surface area contributed by atoms with Crippen LogP contribution in [-0.2, 0) is 9.47 Å². The van der Waals surface area contributed by atoms with Gasteiger partial charge in [0.15, 0.2) is 0 Å². The molecule has 0 N–H and O–H groups in total. The summed E-state index contributed by atoms with van der Waals surface area (Å²) in [5, 5.41) is 0. The van der Waals surface area contributed by atoms with Gasteiger partial charge in [-0.05, 0) is 17.2 Å². The first-order valence-corrected chi connectivity index (χ1v) is 7.18. The average Bonchev–Trinajstić information content (AvgIpc) is 2.38. The minimum atomic E-state index is 0.361. The van der Waals surface area contributed by atoms with Crippen molar-refractivity contribution in [2.45, 2.75) is 19.8 Å². The van der Waals surface area contributed by atoms with Gasteiger partial charge in [0.2, 0.25) is 0 Å². The Morgan fingerprint density at radius 2 is 1.61 bits per heavy atom. The van der Waals surface area contributed by atoms with E-state index in [-0.39, 0.29) is 0 Å². The molecule has 0 radical (unpaired) electrons. The first-order chi connectivity index (χ1) is 8.74. The van der Waals surface area contributed by atoms with E-state index in [1.807, 2.05) is 6.07 Å². The van der Waals surface area contributed by atoms with Gasteiger partial charge in [-0.25, -0.2) is 0 Å². The Morgan fingerprint density at radius 3 is 2.17 bits per heavy atom. The lowest BCUT2D eigenvalue weighted by molar-refractivity contribution is 0.0345. The van der Waals surface area contributed by atoms with Crippen LogP contribution in [0.1, 0.15) is 25.3 Å². The molecule has 1 aromatic rings. The van der Waals surface area contributed by atoms with E-state index in [0.717, 1.165) is 12.4 Å². The summed E-state index contributed by atoms with van der Waals surface area (Å²) < 4.78 is 11.1. The Morgan fingerprint density at radius 1 is 1.00 bits per heavy atom. The molecule has 0 aliphatic carbocycles. The Hall–Kier alpha value is -0.510. The maximum absolute atomic E-state index is 5.65. The molecule has 18 heavy (non-hydrogen) atoms. The monoisotopic (exact) mass is 268 g/mol. The highest BCUT2D eigenvalue weighted by Gasteiger charge is 2.09. The average molecular weight is 268 g/mol. The van der Waals surface area contributed by atoms with E-state index in [2.05, 4.69) is 50.7 Å². The minimum Gasteiger partial charge on any atom is -0.379 e. The highest BCUT2D eigenvalue weighted by molar-refractivity contribution is 7.80. The summed E-state index contributed by atoms with van der Waals surface area (Å²) in [6.07, 6.45) is 0. The summed E-state index contributed by atoms with van der Waals surface area (Å²) in [7, 11) is 0. The van der Waals surface area contributed by atoms with Crippen molar-refractivity contribution in [2.75, 3.05) is 32.2 Å². The molecule has 3 heteroatoms. The fraction of sp³-hybridized carbons (Fsp3) is 0.600. The van der Waals surface area contributed by atoms with Gasteiger partial charge in [0.05, 0.1) is 19.8 Å². The lowest BCUT2D eigenvalue weighted by Gasteiger charge is -2.15. The highest BCUT2D eigenvalue weighted by Crippen LogP contribution is 2.17. The fourth-order valence-corrected chi connectivity index (χ4v) is 1.96. The third kappa shape index (κ3) is 6.43. The molecule has 0 spiro atoms.